The van der Waals surface area contributed by atoms with Crippen molar-refractivity contribution in [2.24, 2.45) is 0 Å². The van der Waals surface area contributed by atoms with Gasteiger partial charge >= 0.3 is 0 Å². The number of carbonyl (C=O) groups is 1. The Morgan fingerprint density at radius 1 is 1.15 bits per heavy atom. The van der Waals surface area contributed by atoms with Crippen LogP contribution >= 0.6 is 0 Å². The second-order valence-corrected chi connectivity index (χ2v) is 7.74. The summed E-state index contributed by atoms with van der Waals surface area (Å²) in [4.78, 5) is 16.2. The Kier molecular flexibility index (Phi) is 6.80. The van der Waals surface area contributed by atoms with Gasteiger partial charge in [0.25, 0.3) is 0 Å². The van der Waals surface area contributed by atoms with E-state index < -0.39 is 0 Å². The number of hydrogen-bond acceptors (Lipinski definition) is 7. The van der Waals surface area contributed by atoms with E-state index in [9.17, 15) is 4.79 Å². The Hall–Kier alpha value is -3.98. The van der Waals surface area contributed by atoms with Crippen molar-refractivity contribution in [3.05, 3.63) is 61.2 Å². The molecule has 1 aliphatic rings. The van der Waals surface area contributed by atoms with Gasteiger partial charge in [0.15, 0.2) is 0 Å². The number of H-pyrrole nitrogens is 1. The summed E-state index contributed by atoms with van der Waals surface area (Å²) in [6.45, 7) is 7.52. The SMILES string of the molecule is C=CC(=O)Nc1cccc(Oc2cc(Nc3ccc(N4CCN(C)CC4)cc3OC)[nH]n2)c1. The van der Waals surface area contributed by atoms with Crippen LogP contribution in [0.3, 0.4) is 0 Å². The van der Waals surface area contributed by atoms with Crippen molar-refractivity contribution in [3.63, 3.8) is 0 Å². The van der Waals surface area contributed by atoms with Crippen molar-refractivity contribution in [1.82, 2.24) is 15.1 Å². The first-order valence-electron chi connectivity index (χ1n) is 10.7. The fraction of sp³-hybridized carbons (Fsp3) is 0.250. The predicted molar refractivity (Wildman–Crippen MR) is 130 cm³/mol. The molecule has 1 aliphatic heterocycles. The number of carbonyl (C=O) groups excluding carboxylic acids is 1. The Labute approximate surface area is 193 Å². The van der Waals surface area contributed by atoms with Crippen LogP contribution in [0.4, 0.5) is 22.9 Å². The lowest BCUT2D eigenvalue weighted by molar-refractivity contribution is -0.111. The number of benzene rings is 2. The zero-order valence-corrected chi connectivity index (χ0v) is 18.8. The number of anilines is 4. The van der Waals surface area contributed by atoms with E-state index in [1.165, 1.54) is 6.08 Å². The number of piperazine rings is 1. The molecular weight excluding hydrogens is 420 g/mol. The summed E-state index contributed by atoms with van der Waals surface area (Å²) in [6.07, 6.45) is 1.21. The lowest BCUT2D eigenvalue weighted by atomic mass is 10.2. The maximum absolute atomic E-state index is 11.5. The number of ether oxygens (including phenoxy) is 2. The summed E-state index contributed by atoms with van der Waals surface area (Å²) < 4.78 is 11.4. The minimum absolute atomic E-state index is 0.286. The smallest absolute Gasteiger partial charge is 0.247 e. The summed E-state index contributed by atoms with van der Waals surface area (Å²) in [7, 11) is 3.80. The largest absolute Gasteiger partial charge is 0.494 e. The van der Waals surface area contributed by atoms with Gasteiger partial charge in [0.05, 0.1) is 12.8 Å². The van der Waals surface area contributed by atoms with Crippen LogP contribution in [0.25, 0.3) is 0 Å². The number of nitrogens with zero attached hydrogens (tertiary/aromatic N) is 3. The number of methoxy groups -OCH3 is 1. The van der Waals surface area contributed by atoms with Crippen molar-refractivity contribution >= 4 is 28.8 Å². The second-order valence-electron chi connectivity index (χ2n) is 7.74. The van der Waals surface area contributed by atoms with Crippen molar-refractivity contribution in [2.75, 3.05) is 55.9 Å². The fourth-order valence-corrected chi connectivity index (χ4v) is 3.56. The molecule has 0 bridgehead atoms. The van der Waals surface area contributed by atoms with Gasteiger partial charge < -0.3 is 29.9 Å². The molecule has 1 fully saturated rings. The highest BCUT2D eigenvalue weighted by Gasteiger charge is 2.16. The van der Waals surface area contributed by atoms with Gasteiger partial charge in [0, 0.05) is 55.8 Å². The molecule has 0 spiro atoms. The highest BCUT2D eigenvalue weighted by molar-refractivity contribution is 5.98. The van der Waals surface area contributed by atoms with Crippen LogP contribution in [-0.4, -0.2) is 61.3 Å². The maximum Gasteiger partial charge on any atom is 0.247 e. The van der Waals surface area contributed by atoms with E-state index in [-0.39, 0.29) is 5.91 Å². The monoisotopic (exact) mass is 448 g/mol. The van der Waals surface area contributed by atoms with Crippen molar-refractivity contribution in [1.29, 1.82) is 0 Å². The molecule has 172 valence electrons. The van der Waals surface area contributed by atoms with Gasteiger partial charge in [-0.15, -0.1) is 5.10 Å². The number of aromatic amines is 1. The van der Waals surface area contributed by atoms with E-state index in [1.54, 1.807) is 37.4 Å². The standard InChI is InChI=1S/C24H28N6O3/c1-4-23(31)25-17-6-5-7-19(14-17)33-24-16-22(27-28-24)26-20-9-8-18(15-21(20)32-3)30-12-10-29(2)11-13-30/h4-9,14-16H,1,10-13H2,2-3H3,(H,25,31)(H2,26,27,28). The molecule has 1 amide bonds. The van der Waals surface area contributed by atoms with E-state index in [0.29, 0.717) is 23.1 Å². The summed E-state index contributed by atoms with van der Waals surface area (Å²) in [5.41, 5.74) is 2.57. The summed E-state index contributed by atoms with van der Waals surface area (Å²) in [6, 6.07) is 14.9. The highest BCUT2D eigenvalue weighted by Crippen LogP contribution is 2.33. The average Bonchev–Trinajstić information content (AvgIpc) is 3.26. The van der Waals surface area contributed by atoms with Gasteiger partial charge in [-0.3, -0.25) is 9.89 Å². The molecule has 9 heteroatoms. The molecule has 9 nitrogen and oxygen atoms in total. The second kappa shape index (κ2) is 10.1. The van der Waals surface area contributed by atoms with Crippen LogP contribution in [0, 0.1) is 0 Å². The Morgan fingerprint density at radius 3 is 2.73 bits per heavy atom. The molecule has 33 heavy (non-hydrogen) atoms. The predicted octanol–water partition coefficient (Wildman–Crippen LogP) is 3.83. The first-order valence-corrected chi connectivity index (χ1v) is 10.7. The number of rotatable bonds is 8. The van der Waals surface area contributed by atoms with Gasteiger partial charge in [-0.05, 0) is 37.4 Å². The van der Waals surface area contributed by atoms with Crippen LogP contribution in [0.15, 0.2) is 61.2 Å². The van der Waals surface area contributed by atoms with Crippen LogP contribution in [0.1, 0.15) is 0 Å². The molecule has 0 atom stereocenters. The molecule has 3 aromatic rings. The molecule has 2 aromatic carbocycles. The Bertz CT molecular complexity index is 1120. The summed E-state index contributed by atoms with van der Waals surface area (Å²) in [5.74, 6) is 2.05. The number of aromatic nitrogens is 2. The normalized spacial score (nSPS) is 13.9. The molecule has 0 aliphatic carbocycles. The lowest BCUT2D eigenvalue weighted by Crippen LogP contribution is -2.44. The number of nitrogens with one attached hydrogen (secondary N) is 3. The number of hydrogen-bond donors (Lipinski definition) is 3. The maximum atomic E-state index is 11.5. The van der Waals surface area contributed by atoms with Gasteiger partial charge in [0.2, 0.25) is 11.8 Å². The minimum Gasteiger partial charge on any atom is -0.494 e. The lowest BCUT2D eigenvalue weighted by Gasteiger charge is -2.34. The van der Waals surface area contributed by atoms with E-state index in [4.69, 9.17) is 9.47 Å². The van der Waals surface area contributed by atoms with Crippen LogP contribution in [0.5, 0.6) is 17.4 Å². The average molecular weight is 449 g/mol. The van der Waals surface area contributed by atoms with Gasteiger partial charge in [-0.25, -0.2) is 0 Å². The van der Waals surface area contributed by atoms with Crippen molar-refractivity contribution in [2.45, 2.75) is 0 Å². The summed E-state index contributed by atoms with van der Waals surface area (Å²) in [5, 5.41) is 13.1. The van der Waals surface area contributed by atoms with Gasteiger partial charge in [-0.1, -0.05) is 12.6 Å². The first-order chi connectivity index (χ1) is 16.0. The van der Waals surface area contributed by atoms with Crippen LogP contribution in [-0.2, 0) is 4.79 Å². The van der Waals surface area contributed by atoms with Gasteiger partial charge in [0.1, 0.15) is 17.3 Å². The van der Waals surface area contributed by atoms with Crippen LogP contribution < -0.4 is 25.0 Å². The minimum atomic E-state index is -0.286. The molecule has 1 saturated heterocycles. The van der Waals surface area contributed by atoms with Crippen molar-refractivity contribution in [3.8, 4) is 17.4 Å². The Balaban J connectivity index is 1.42. The van der Waals surface area contributed by atoms with E-state index in [0.717, 1.165) is 43.3 Å². The highest BCUT2D eigenvalue weighted by atomic mass is 16.5. The number of likely N-dealkylation sites (N-methyl/N-ethyl adjacent to an activating group) is 1. The van der Waals surface area contributed by atoms with E-state index in [1.807, 2.05) is 12.1 Å². The molecule has 0 radical (unpaired) electrons. The van der Waals surface area contributed by atoms with Gasteiger partial charge in [-0.2, -0.15) is 0 Å². The number of amides is 1. The third kappa shape index (κ3) is 5.64. The fourth-order valence-electron chi connectivity index (χ4n) is 3.56. The molecule has 0 unspecified atom stereocenters. The molecule has 3 N–H and O–H groups in total. The zero-order chi connectivity index (χ0) is 23.2. The van der Waals surface area contributed by atoms with E-state index in [2.05, 4.69) is 50.3 Å². The zero-order valence-electron chi connectivity index (χ0n) is 18.8. The quantitative estimate of drug-likeness (QED) is 0.451. The topological polar surface area (TPSA) is 94.8 Å². The van der Waals surface area contributed by atoms with Crippen molar-refractivity contribution < 1.29 is 14.3 Å². The molecule has 1 aromatic heterocycles. The molecule has 0 saturated carbocycles. The Morgan fingerprint density at radius 2 is 1.97 bits per heavy atom. The third-order valence-corrected chi connectivity index (χ3v) is 5.39. The first kappa shape index (κ1) is 22.2. The molecule has 4 rings (SSSR count). The summed E-state index contributed by atoms with van der Waals surface area (Å²) >= 11 is 0. The van der Waals surface area contributed by atoms with Crippen LogP contribution in [0.2, 0.25) is 0 Å². The van der Waals surface area contributed by atoms with E-state index >= 15 is 0 Å². The molecule has 2 heterocycles. The molecular formula is C24H28N6O3. The third-order valence-electron chi connectivity index (χ3n) is 5.39.